The SMILES string of the molecule is CCCOC1CCCN(C(=O)CN2C(=O)NC3(CCCCC3C)C2=O)C1. The average Bonchev–Trinajstić information content (AvgIpc) is 2.87. The minimum Gasteiger partial charge on any atom is -0.376 e. The highest BCUT2D eigenvalue weighted by molar-refractivity contribution is 6.09. The summed E-state index contributed by atoms with van der Waals surface area (Å²) in [6.07, 6.45) is 6.46. The molecule has 0 bridgehead atoms. The van der Waals surface area contributed by atoms with E-state index in [0.717, 1.165) is 43.4 Å². The number of hydrogen-bond donors (Lipinski definition) is 1. The highest BCUT2D eigenvalue weighted by Crippen LogP contribution is 2.38. The van der Waals surface area contributed by atoms with E-state index in [9.17, 15) is 14.4 Å². The Bertz CT molecular complexity index is 567. The molecule has 3 unspecified atom stereocenters. The lowest BCUT2D eigenvalue weighted by atomic mass is 9.73. The Kier molecular flexibility index (Phi) is 5.85. The molecule has 7 nitrogen and oxygen atoms in total. The molecule has 7 heteroatoms. The number of piperidine rings is 1. The molecule has 0 aromatic rings. The van der Waals surface area contributed by atoms with Gasteiger partial charge in [0.25, 0.3) is 5.91 Å². The summed E-state index contributed by atoms with van der Waals surface area (Å²) in [6.45, 7) is 5.81. The van der Waals surface area contributed by atoms with Gasteiger partial charge in [-0.1, -0.05) is 26.7 Å². The Hall–Kier alpha value is -1.63. The lowest BCUT2D eigenvalue weighted by Crippen LogP contribution is -2.54. The summed E-state index contributed by atoms with van der Waals surface area (Å²) in [5, 5.41) is 2.91. The predicted molar refractivity (Wildman–Crippen MR) is 96.5 cm³/mol. The first-order chi connectivity index (χ1) is 12.5. The second kappa shape index (κ2) is 7.94. The normalized spacial score (nSPS) is 32.2. The third kappa shape index (κ3) is 3.59. The fourth-order valence-corrected chi connectivity index (χ4v) is 4.46. The maximum atomic E-state index is 13.0. The van der Waals surface area contributed by atoms with Gasteiger partial charge in [-0.3, -0.25) is 14.5 Å². The number of amides is 4. The summed E-state index contributed by atoms with van der Waals surface area (Å²) in [5.74, 6) is -0.285. The molecule has 1 aliphatic carbocycles. The quantitative estimate of drug-likeness (QED) is 0.755. The van der Waals surface area contributed by atoms with Gasteiger partial charge in [-0.05, 0) is 38.0 Å². The highest BCUT2D eigenvalue weighted by Gasteiger charge is 2.55. The molecule has 3 aliphatic rings. The van der Waals surface area contributed by atoms with Crippen LogP contribution >= 0.6 is 0 Å². The number of ether oxygens (including phenoxy) is 1. The van der Waals surface area contributed by atoms with Crippen molar-refractivity contribution < 1.29 is 19.1 Å². The molecule has 4 amide bonds. The number of likely N-dealkylation sites (tertiary alicyclic amines) is 1. The second-order valence-electron chi connectivity index (χ2n) is 7.91. The van der Waals surface area contributed by atoms with Crippen molar-refractivity contribution in [3.8, 4) is 0 Å². The largest absolute Gasteiger partial charge is 0.376 e. The Labute approximate surface area is 155 Å². The van der Waals surface area contributed by atoms with Gasteiger partial charge >= 0.3 is 6.03 Å². The maximum absolute atomic E-state index is 13.0. The van der Waals surface area contributed by atoms with Crippen molar-refractivity contribution in [1.29, 1.82) is 0 Å². The molecule has 146 valence electrons. The summed E-state index contributed by atoms with van der Waals surface area (Å²) in [5.41, 5.74) is -0.801. The summed E-state index contributed by atoms with van der Waals surface area (Å²) in [6, 6.07) is -0.423. The van der Waals surface area contributed by atoms with Gasteiger partial charge in [0.1, 0.15) is 12.1 Å². The Morgan fingerprint density at radius 3 is 2.81 bits per heavy atom. The maximum Gasteiger partial charge on any atom is 0.325 e. The fourth-order valence-electron chi connectivity index (χ4n) is 4.46. The van der Waals surface area contributed by atoms with E-state index in [-0.39, 0.29) is 30.4 Å². The van der Waals surface area contributed by atoms with Crippen LogP contribution < -0.4 is 5.32 Å². The first-order valence-corrected chi connectivity index (χ1v) is 10.0. The zero-order valence-corrected chi connectivity index (χ0v) is 16.0. The zero-order chi connectivity index (χ0) is 18.7. The van der Waals surface area contributed by atoms with Gasteiger partial charge in [0, 0.05) is 19.7 Å². The standard InChI is InChI=1S/C19H31N3O4/c1-3-11-26-15-8-6-10-21(12-15)16(23)13-22-17(24)19(20-18(22)25)9-5-4-7-14(19)2/h14-15H,3-13H2,1-2H3,(H,20,25). The van der Waals surface area contributed by atoms with Crippen LogP contribution in [-0.2, 0) is 14.3 Å². The highest BCUT2D eigenvalue weighted by atomic mass is 16.5. The van der Waals surface area contributed by atoms with E-state index in [1.165, 1.54) is 0 Å². The van der Waals surface area contributed by atoms with Crippen LogP contribution in [0.1, 0.15) is 58.8 Å². The summed E-state index contributed by atoms with van der Waals surface area (Å²) in [4.78, 5) is 41.0. The van der Waals surface area contributed by atoms with Crippen LogP contribution in [0.2, 0.25) is 0 Å². The van der Waals surface area contributed by atoms with Gasteiger partial charge in [-0.2, -0.15) is 0 Å². The second-order valence-corrected chi connectivity index (χ2v) is 7.91. The molecule has 2 saturated heterocycles. The Balaban J connectivity index is 1.62. The topological polar surface area (TPSA) is 79.0 Å². The van der Waals surface area contributed by atoms with Crippen molar-refractivity contribution >= 4 is 17.8 Å². The number of urea groups is 1. The van der Waals surface area contributed by atoms with Crippen molar-refractivity contribution in [3.63, 3.8) is 0 Å². The van der Waals surface area contributed by atoms with Crippen molar-refractivity contribution in [2.24, 2.45) is 5.92 Å². The first-order valence-electron chi connectivity index (χ1n) is 10.0. The number of imide groups is 1. The molecular weight excluding hydrogens is 334 g/mol. The zero-order valence-electron chi connectivity index (χ0n) is 16.0. The number of nitrogens with zero attached hydrogens (tertiary/aromatic N) is 2. The van der Waals surface area contributed by atoms with Crippen LogP contribution in [0.3, 0.4) is 0 Å². The van der Waals surface area contributed by atoms with E-state index in [0.29, 0.717) is 26.1 Å². The van der Waals surface area contributed by atoms with Crippen molar-refractivity contribution in [3.05, 3.63) is 0 Å². The molecule has 26 heavy (non-hydrogen) atoms. The molecule has 1 spiro atoms. The van der Waals surface area contributed by atoms with E-state index in [4.69, 9.17) is 4.74 Å². The summed E-state index contributed by atoms with van der Waals surface area (Å²) in [7, 11) is 0. The third-order valence-corrected chi connectivity index (χ3v) is 6.08. The van der Waals surface area contributed by atoms with Crippen LogP contribution in [0.4, 0.5) is 4.79 Å². The predicted octanol–water partition coefficient (Wildman–Crippen LogP) is 1.90. The molecule has 3 atom stereocenters. The third-order valence-electron chi connectivity index (χ3n) is 6.08. The lowest BCUT2D eigenvalue weighted by Gasteiger charge is -2.37. The Morgan fingerprint density at radius 1 is 1.27 bits per heavy atom. The summed E-state index contributed by atoms with van der Waals surface area (Å²) < 4.78 is 5.78. The van der Waals surface area contributed by atoms with E-state index in [1.54, 1.807) is 4.90 Å². The molecule has 0 radical (unpaired) electrons. The van der Waals surface area contributed by atoms with Gasteiger partial charge in [0.15, 0.2) is 0 Å². The number of rotatable bonds is 5. The molecule has 0 aromatic heterocycles. The first kappa shape index (κ1) is 19.1. The van der Waals surface area contributed by atoms with Crippen LogP contribution in [0.15, 0.2) is 0 Å². The molecule has 2 aliphatic heterocycles. The van der Waals surface area contributed by atoms with Crippen LogP contribution in [0, 0.1) is 5.92 Å². The van der Waals surface area contributed by atoms with Gasteiger partial charge < -0.3 is 15.0 Å². The molecule has 1 N–H and O–H groups in total. The molecule has 3 rings (SSSR count). The molecule has 1 saturated carbocycles. The number of hydrogen-bond acceptors (Lipinski definition) is 4. The minimum atomic E-state index is -0.801. The van der Waals surface area contributed by atoms with Crippen molar-refractivity contribution in [2.75, 3.05) is 26.2 Å². The van der Waals surface area contributed by atoms with Crippen LogP contribution in [0.5, 0.6) is 0 Å². The fraction of sp³-hybridized carbons (Fsp3) is 0.842. The Morgan fingerprint density at radius 2 is 2.08 bits per heavy atom. The average molecular weight is 365 g/mol. The van der Waals surface area contributed by atoms with E-state index >= 15 is 0 Å². The number of carbonyl (C=O) groups is 3. The molecule has 3 fully saturated rings. The van der Waals surface area contributed by atoms with Gasteiger partial charge in [0.05, 0.1) is 6.10 Å². The van der Waals surface area contributed by atoms with Crippen LogP contribution in [0.25, 0.3) is 0 Å². The molecule has 0 aromatic carbocycles. The molecule has 2 heterocycles. The van der Waals surface area contributed by atoms with Crippen molar-refractivity contribution in [1.82, 2.24) is 15.1 Å². The minimum absolute atomic E-state index is 0.0560. The lowest BCUT2D eigenvalue weighted by molar-refractivity contribution is -0.142. The molecular formula is C19H31N3O4. The van der Waals surface area contributed by atoms with Crippen molar-refractivity contribution in [2.45, 2.75) is 70.4 Å². The van der Waals surface area contributed by atoms with E-state index in [2.05, 4.69) is 12.2 Å². The summed E-state index contributed by atoms with van der Waals surface area (Å²) >= 11 is 0. The van der Waals surface area contributed by atoms with E-state index in [1.807, 2.05) is 6.92 Å². The smallest absolute Gasteiger partial charge is 0.325 e. The van der Waals surface area contributed by atoms with Crippen LogP contribution in [-0.4, -0.2) is 65.5 Å². The number of carbonyl (C=O) groups excluding carboxylic acids is 3. The number of nitrogens with one attached hydrogen (secondary N) is 1. The van der Waals surface area contributed by atoms with E-state index < -0.39 is 11.6 Å². The monoisotopic (exact) mass is 365 g/mol. The van der Waals surface area contributed by atoms with Gasteiger partial charge in [-0.15, -0.1) is 0 Å². The van der Waals surface area contributed by atoms with Gasteiger partial charge in [-0.25, -0.2) is 4.79 Å². The van der Waals surface area contributed by atoms with Gasteiger partial charge in [0.2, 0.25) is 5.91 Å².